The molecule has 0 aliphatic heterocycles. The zero-order valence-electron chi connectivity index (χ0n) is 10.1. The molecule has 1 N–H and O–H groups in total. The largest absolute Gasteiger partial charge is 0.481 e. The molecule has 0 radical (unpaired) electrons. The number of nitrogens with zero attached hydrogens (tertiary/aromatic N) is 1. The molecule has 0 amide bonds. The molecule has 4 nitrogen and oxygen atoms in total. The maximum Gasteiger partial charge on any atom is 0.213 e. The van der Waals surface area contributed by atoms with Crippen molar-refractivity contribution in [2.24, 2.45) is 0 Å². The average Bonchev–Trinajstić information content (AvgIpc) is 2.25. The fourth-order valence-electron chi connectivity index (χ4n) is 1.03. The fourth-order valence-corrected chi connectivity index (χ4v) is 1.74. The van der Waals surface area contributed by atoms with Gasteiger partial charge in [-0.15, -0.1) is 0 Å². The van der Waals surface area contributed by atoms with Crippen molar-refractivity contribution in [1.29, 1.82) is 0 Å². The fraction of sp³-hybridized carbons (Fsp3) is 0.545. The van der Waals surface area contributed by atoms with E-state index in [9.17, 15) is 4.21 Å². The van der Waals surface area contributed by atoms with Crippen LogP contribution in [0, 0.1) is 0 Å². The van der Waals surface area contributed by atoms with Gasteiger partial charge in [-0.25, -0.2) is 13.9 Å². The topological polar surface area (TPSA) is 51.2 Å². The van der Waals surface area contributed by atoms with Crippen LogP contribution >= 0.6 is 0 Å². The Labute approximate surface area is 99.0 Å². The van der Waals surface area contributed by atoms with Crippen LogP contribution in [0.15, 0.2) is 18.2 Å². The number of hydrogen-bond donors (Lipinski definition) is 1. The van der Waals surface area contributed by atoms with Gasteiger partial charge in [0.25, 0.3) is 0 Å². The van der Waals surface area contributed by atoms with Gasteiger partial charge in [-0.05, 0) is 26.8 Å². The molecule has 0 aromatic carbocycles. The Bertz CT molecular complexity index is 374. The van der Waals surface area contributed by atoms with Crippen molar-refractivity contribution < 1.29 is 8.95 Å². The molecule has 0 bridgehead atoms. The molecule has 16 heavy (non-hydrogen) atoms. The van der Waals surface area contributed by atoms with E-state index in [0.29, 0.717) is 12.4 Å². The van der Waals surface area contributed by atoms with E-state index in [1.54, 1.807) is 13.2 Å². The zero-order chi connectivity index (χ0) is 12.2. The van der Waals surface area contributed by atoms with Gasteiger partial charge in [0, 0.05) is 6.07 Å². The lowest BCUT2D eigenvalue weighted by Crippen LogP contribution is -2.33. The normalized spacial score (nSPS) is 13.5. The molecule has 5 heteroatoms. The van der Waals surface area contributed by atoms with Gasteiger partial charge in [0.1, 0.15) is 0 Å². The van der Waals surface area contributed by atoms with E-state index in [2.05, 4.69) is 9.71 Å². The Morgan fingerprint density at radius 1 is 1.44 bits per heavy atom. The van der Waals surface area contributed by atoms with Gasteiger partial charge in [-0.1, -0.05) is 6.07 Å². The minimum atomic E-state index is -1.08. The van der Waals surface area contributed by atoms with Gasteiger partial charge in [-0.2, -0.15) is 0 Å². The van der Waals surface area contributed by atoms with Crippen molar-refractivity contribution in [2.45, 2.75) is 32.1 Å². The quantitative estimate of drug-likeness (QED) is 0.873. The van der Waals surface area contributed by atoms with E-state index in [1.165, 1.54) is 0 Å². The summed E-state index contributed by atoms with van der Waals surface area (Å²) in [6, 6.07) is 5.52. The van der Waals surface area contributed by atoms with Crippen LogP contribution < -0.4 is 9.46 Å². The monoisotopic (exact) mass is 242 g/mol. The van der Waals surface area contributed by atoms with Crippen molar-refractivity contribution in [1.82, 2.24) is 9.71 Å². The van der Waals surface area contributed by atoms with Gasteiger partial charge in [0.05, 0.1) is 35.1 Å². The van der Waals surface area contributed by atoms with Gasteiger partial charge < -0.3 is 4.74 Å². The number of ether oxygens (including phenoxy) is 1. The smallest absolute Gasteiger partial charge is 0.213 e. The molecule has 0 spiro atoms. The summed E-state index contributed by atoms with van der Waals surface area (Å²) in [6.07, 6.45) is 0. The molecule has 1 unspecified atom stereocenters. The number of hydrogen-bond acceptors (Lipinski definition) is 3. The molecule has 1 aromatic rings. The average molecular weight is 242 g/mol. The van der Waals surface area contributed by atoms with Gasteiger partial charge in [0.2, 0.25) is 5.88 Å². The summed E-state index contributed by atoms with van der Waals surface area (Å²) in [7, 11) is 0.499. The summed E-state index contributed by atoms with van der Waals surface area (Å²) in [5, 5.41) is 0. The predicted octanol–water partition coefficient (Wildman–Crippen LogP) is 1.64. The van der Waals surface area contributed by atoms with Crippen LogP contribution in [0.5, 0.6) is 5.88 Å². The molecule has 0 aliphatic carbocycles. The summed E-state index contributed by atoms with van der Waals surface area (Å²) in [5.41, 5.74) is 0.817. The molecule has 1 aromatic heterocycles. The Hall–Kier alpha value is -0.940. The number of rotatable bonds is 4. The molecule has 0 saturated heterocycles. The van der Waals surface area contributed by atoms with E-state index in [0.717, 1.165) is 5.69 Å². The summed E-state index contributed by atoms with van der Waals surface area (Å²) in [4.78, 5) is 4.23. The molecular formula is C11H18N2O2S. The van der Waals surface area contributed by atoms with Crippen LogP contribution in [0.4, 0.5) is 0 Å². The maximum absolute atomic E-state index is 11.7. The minimum Gasteiger partial charge on any atom is -0.481 e. The van der Waals surface area contributed by atoms with Crippen molar-refractivity contribution in [3.63, 3.8) is 0 Å². The lowest BCUT2D eigenvalue weighted by molar-refractivity contribution is 0.396. The number of methoxy groups -OCH3 is 1. The lowest BCUT2D eigenvalue weighted by atomic mass is 10.3. The summed E-state index contributed by atoms with van der Waals surface area (Å²) >= 11 is 0. The van der Waals surface area contributed by atoms with Crippen LogP contribution in [-0.4, -0.2) is 21.0 Å². The molecule has 1 rings (SSSR count). The highest BCUT2D eigenvalue weighted by Crippen LogP contribution is 2.10. The van der Waals surface area contributed by atoms with E-state index < -0.39 is 11.0 Å². The predicted molar refractivity (Wildman–Crippen MR) is 65.5 cm³/mol. The third-order valence-electron chi connectivity index (χ3n) is 1.93. The Balaban J connectivity index is 2.58. The van der Waals surface area contributed by atoms with Crippen molar-refractivity contribution in [2.75, 3.05) is 7.11 Å². The van der Waals surface area contributed by atoms with Gasteiger partial charge in [0.15, 0.2) is 0 Å². The van der Waals surface area contributed by atoms with Gasteiger partial charge in [-0.3, -0.25) is 0 Å². The van der Waals surface area contributed by atoms with Gasteiger partial charge >= 0.3 is 0 Å². The Morgan fingerprint density at radius 3 is 2.69 bits per heavy atom. The third kappa shape index (κ3) is 3.90. The van der Waals surface area contributed by atoms with E-state index >= 15 is 0 Å². The minimum absolute atomic E-state index is 0.265. The highest BCUT2D eigenvalue weighted by molar-refractivity contribution is 7.84. The van der Waals surface area contributed by atoms with E-state index in [4.69, 9.17) is 4.74 Å². The van der Waals surface area contributed by atoms with Crippen LogP contribution in [0.2, 0.25) is 0 Å². The highest BCUT2D eigenvalue weighted by atomic mass is 32.2. The first-order chi connectivity index (χ1) is 7.43. The summed E-state index contributed by atoms with van der Waals surface area (Å²) in [5.74, 6) is 0.570. The second-order valence-corrected chi connectivity index (χ2v) is 6.42. The van der Waals surface area contributed by atoms with Crippen molar-refractivity contribution in [3.05, 3.63) is 23.9 Å². The van der Waals surface area contributed by atoms with Crippen LogP contribution in [0.25, 0.3) is 0 Å². The molecule has 1 atom stereocenters. The van der Waals surface area contributed by atoms with Crippen molar-refractivity contribution in [3.8, 4) is 5.88 Å². The number of pyridine rings is 1. The maximum atomic E-state index is 11.7. The summed E-state index contributed by atoms with van der Waals surface area (Å²) in [6.45, 7) is 6.25. The Kier molecular flexibility index (Phi) is 4.44. The summed E-state index contributed by atoms with van der Waals surface area (Å²) < 4.78 is 19.4. The second-order valence-electron chi connectivity index (χ2n) is 4.37. The van der Waals surface area contributed by atoms with Crippen LogP contribution in [-0.2, 0) is 17.5 Å². The SMILES string of the molecule is COc1cccc(CNS(=O)C(C)(C)C)n1. The van der Waals surface area contributed by atoms with Crippen LogP contribution in [0.3, 0.4) is 0 Å². The van der Waals surface area contributed by atoms with Crippen LogP contribution in [0.1, 0.15) is 26.5 Å². The first-order valence-electron chi connectivity index (χ1n) is 5.09. The Morgan fingerprint density at radius 2 is 2.12 bits per heavy atom. The number of aromatic nitrogens is 1. The number of nitrogens with one attached hydrogen (secondary N) is 1. The molecule has 0 saturated carbocycles. The first kappa shape index (κ1) is 13.1. The molecule has 90 valence electrons. The molecule has 0 aliphatic rings. The van der Waals surface area contributed by atoms with E-state index in [1.807, 2.05) is 32.9 Å². The molecular weight excluding hydrogens is 224 g/mol. The molecule has 0 fully saturated rings. The third-order valence-corrected chi connectivity index (χ3v) is 3.45. The standard InChI is InChI=1S/C11H18N2O2S/c1-11(2,3)16(14)12-8-9-6-5-7-10(13-9)15-4/h5-7,12H,8H2,1-4H3. The first-order valence-corrected chi connectivity index (χ1v) is 6.24. The highest BCUT2D eigenvalue weighted by Gasteiger charge is 2.18. The second kappa shape index (κ2) is 5.41. The lowest BCUT2D eigenvalue weighted by Gasteiger charge is -2.17. The zero-order valence-corrected chi connectivity index (χ0v) is 10.9. The molecule has 1 heterocycles. The van der Waals surface area contributed by atoms with Crippen molar-refractivity contribution >= 4 is 11.0 Å². The van der Waals surface area contributed by atoms with E-state index in [-0.39, 0.29) is 4.75 Å².